The number of rotatable bonds is 5. The molecule has 3 heteroatoms. The Balaban J connectivity index is 2.61. The van der Waals surface area contributed by atoms with Gasteiger partial charge in [-0.2, -0.15) is 5.26 Å². The summed E-state index contributed by atoms with van der Waals surface area (Å²) in [6, 6.07) is 3.05. The predicted molar refractivity (Wildman–Crippen MR) is 71.5 cm³/mol. The Morgan fingerprint density at radius 1 is 1.29 bits per heavy atom. The van der Waals surface area contributed by atoms with Crippen LogP contribution in [0.1, 0.15) is 52.4 Å². The molecule has 1 rings (SSSR count). The summed E-state index contributed by atoms with van der Waals surface area (Å²) in [7, 11) is 0. The quantitative estimate of drug-likeness (QED) is 0.748. The SMILES string of the molecule is CC(C)CN(CCC#N)C1CCCCCC1N. The van der Waals surface area contributed by atoms with Crippen molar-refractivity contribution in [1.29, 1.82) is 5.26 Å². The molecule has 1 fully saturated rings. The summed E-state index contributed by atoms with van der Waals surface area (Å²) in [4.78, 5) is 2.46. The van der Waals surface area contributed by atoms with E-state index in [-0.39, 0.29) is 0 Å². The van der Waals surface area contributed by atoms with Crippen LogP contribution < -0.4 is 5.73 Å². The van der Waals surface area contributed by atoms with E-state index < -0.39 is 0 Å². The first-order chi connectivity index (χ1) is 8.15. The average Bonchev–Trinajstić information content (AvgIpc) is 2.49. The second-order valence-corrected chi connectivity index (χ2v) is 5.67. The van der Waals surface area contributed by atoms with Crippen molar-refractivity contribution in [1.82, 2.24) is 4.90 Å². The van der Waals surface area contributed by atoms with Gasteiger partial charge in [-0.25, -0.2) is 0 Å². The lowest BCUT2D eigenvalue weighted by Gasteiger charge is -2.35. The van der Waals surface area contributed by atoms with Gasteiger partial charge in [0.25, 0.3) is 0 Å². The van der Waals surface area contributed by atoms with Crippen LogP contribution in [0.25, 0.3) is 0 Å². The minimum absolute atomic E-state index is 0.301. The highest BCUT2D eigenvalue weighted by atomic mass is 15.2. The number of hydrogen-bond donors (Lipinski definition) is 1. The maximum Gasteiger partial charge on any atom is 0.0635 e. The summed E-state index contributed by atoms with van der Waals surface area (Å²) >= 11 is 0. The molecule has 98 valence electrons. The molecule has 2 atom stereocenters. The molecule has 0 aliphatic heterocycles. The fourth-order valence-corrected chi connectivity index (χ4v) is 2.83. The van der Waals surface area contributed by atoms with Crippen molar-refractivity contribution in [3.05, 3.63) is 0 Å². The summed E-state index contributed by atoms with van der Waals surface area (Å²) < 4.78 is 0. The van der Waals surface area contributed by atoms with Crippen molar-refractivity contribution in [2.45, 2.75) is 64.5 Å². The second kappa shape index (κ2) is 7.68. The Labute approximate surface area is 106 Å². The van der Waals surface area contributed by atoms with Crippen molar-refractivity contribution in [3.63, 3.8) is 0 Å². The van der Waals surface area contributed by atoms with Gasteiger partial charge < -0.3 is 5.73 Å². The van der Waals surface area contributed by atoms with Gasteiger partial charge in [0.2, 0.25) is 0 Å². The van der Waals surface area contributed by atoms with Crippen molar-refractivity contribution in [3.8, 4) is 6.07 Å². The van der Waals surface area contributed by atoms with Crippen molar-refractivity contribution >= 4 is 0 Å². The van der Waals surface area contributed by atoms with E-state index in [1.165, 1.54) is 25.7 Å². The maximum atomic E-state index is 8.76. The van der Waals surface area contributed by atoms with Crippen molar-refractivity contribution < 1.29 is 0 Å². The molecule has 2 unspecified atom stereocenters. The minimum Gasteiger partial charge on any atom is -0.326 e. The predicted octanol–water partition coefficient (Wildman–Crippen LogP) is 2.52. The van der Waals surface area contributed by atoms with Crippen LogP contribution in [0, 0.1) is 17.2 Å². The van der Waals surface area contributed by atoms with Crippen LogP contribution in [-0.4, -0.2) is 30.1 Å². The fourth-order valence-electron chi connectivity index (χ4n) is 2.83. The Bertz CT molecular complexity index is 244. The Morgan fingerprint density at radius 3 is 2.65 bits per heavy atom. The Kier molecular flexibility index (Phi) is 6.54. The van der Waals surface area contributed by atoms with Gasteiger partial charge in [-0.1, -0.05) is 33.1 Å². The molecular weight excluding hydrogens is 210 g/mol. The standard InChI is InChI=1S/C14H27N3/c1-12(2)11-17(10-6-9-15)14-8-5-3-4-7-13(14)16/h12-14H,3-8,10-11,16H2,1-2H3. The summed E-state index contributed by atoms with van der Waals surface area (Å²) in [5.41, 5.74) is 6.30. The van der Waals surface area contributed by atoms with E-state index >= 15 is 0 Å². The van der Waals surface area contributed by atoms with E-state index in [2.05, 4.69) is 24.8 Å². The molecule has 3 nitrogen and oxygen atoms in total. The second-order valence-electron chi connectivity index (χ2n) is 5.67. The van der Waals surface area contributed by atoms with Gasteiger partial charge in [-0.3, -0.25) is 4.90 Å². The smallest absolute Gasteiger partial charge is 0.0635 e. The number of hydrogen-bond acceptors (Lipinski definition) is 3. The monoisotopic (exact) mass is 237 g/mol. The minimum atomic E-state index is 0.301. The molecule has 0 aromatic carbocycles. The summed E-state index contributed by atoms with van der Waals surface area (Å²) in [5.74, 6) is 0.643. The largest absolute Gasteiger partial charge is 0.326 e. The van der Waals surface area contributed by atoms with Crippen LogP contribution in [0.3, 0.4) is 0 Å². The number of nitrogens with zero attached hydrogens (tertiary/aromatic N) is 2. The zero-order chi connectivity index (χ0) is 12.7. The van der Waals surface area contributed by atoms with Gasteiger partial charge in [0.15, 0.2) is 0 Å². The molecule has 2 N–H and O–H groups in total. The first-order valence-corrected chi connectivity index (χ1v) is 7.01. The molecule has 0 radical (unpaired) electrons. The number of nitrogens with two attached hydrogens (primary N) is 1. The fraction of sp³-hybridized carbons (Fsp3) is 0.929. The molecule has 0 bridgehead atoms. The van der Waals surface area contributed by atoms with Gasteiger partial charge in [0, 0.05) is 31.6 Å². The zero-order valence-corrected chi connectivity index (χ0v) is 11.4. The lowest BCUT2D eigenvalue weighted by molar-refractivity contribution is 0.148. The first-order valence-electron chi connectivity index (χ1n) is 7.01. The van der Waals surface area contributed by atoms with Crippen molar-refractivity contribution in [2.75, 3.05) is 13.1 Å². The highest BCUT2D eigenvalue weighted by molar-refractivity contribution is 4.86. The maximum absolute atomic E-state index is 8.76. The van der Waals surface area contributed by atoms with Gasteiger partial charge >= 0.3 is 0 Å². The summed E-state index contributed by atoms with van der Waals surface area (Å²) in [6.07, 6.45) is 6.85. The Morgan fingerprint density at radius 2 is 2.00 bits per heavy atom. The van der Waals surface area contributed by atoms with E-state index in [0.717, 1.165) is 19.5 Å². The highest BCUT2D eigenvalue weighted by Gasteiger charge is 2.26. The van der Waals surface area contributed by atoms with Crippen LogP contribution in [0.2, 0.25) is 0 Å². The Hall–Kier alpha value is -0.590. The van der Waals surface area contributed by atoms with Gasteiger partial charge in [-0.05, 0) is 18.8 Å². The highest BCUT2D eigenvalue weighted by Crippen LogP contribution is 2.22. The number of nitriles is 1. The summed E-state index contributed by atoms with van der Waals surface area (Å²) in [5, 5.41) is 8.76. The lowest BCUT2D eigenvalue weighted by Crippen LogP contribution is -2.48. The molecule has 0 aromatic rings. The molecule has 1 aliphatic carbocycles. The lowest BCUT2D eigenvalue weighted by atomic mass is 10.0. The topological polar surface area (TPSA) is 53.0 Å². The molecule has 0 saturated heterocycles. The molecular formula is C14H27N3. The average molecular weight is 237 g/mol. The van der Waals surface area contributed by atoms with Gasteiger partial charge in [0.1, 0.15) is 0 Å². The third-order valence-corrected chi connectivity index (χ3v) is 3.61. The van der Waals surface area contributed by atoms with E-state index in [4.69, 9.17) is 11.0 Å². The van der Waals surface area contributed by atoms with Crippen LogP contribution >= 0.6 is 0 Å². The molecule has 17 heavy (non-hydrogen) atoms. The zero-order valence-electron chi connectivity index (χ0n) is 11.4. The molecule has 0 aromatic heterocycles. The van der Waals surface area contributed by atoms with Crippen LogP contribution in [0.15, 0.2) is 0 Å². The van der Waals surface area contributed by atoms with E-state index in [0.29, 0.717) is 24.4 Å². The third kappa shape index (κ3) is 5.06. The molecule has 0 spiro atoms. The van der Waals surface area contributed by atoms with E-state index in [1.54, 1.807) is 0 Å². The first kappa shape index (κ1) is 14.5. The van der Waals surface area contributed by atoms with E-state index in [9.17, 15) is 0 Å². The molecule has 0 heterocycles. The van der Waals surface area contributed by atoms with Crippen LogP contribution in [0.5, 0.6) is 0 Å². The van der Waals surface area contributed by atoms with Gasteiger partial charge in [0.05, 0.1) is 6.07 Å². The van der Waals surface area contributed by atoms with Crippen LogP contribution in [-0.2, 0) is 0 Å². The van der Waals surface area contributed by atoms with Crippen LogP contribution in [0.4, 0.5) is 0 Å². The molecule has 1 aliphatic rings. The third-order valence-electron chi connectivity index (χ3n) is 3.61. The normalized spacial score (nSPS) is 25.9. The summed E-state index contributed by atoms with van der Waals surface area (Å²) in [6.45, 7) is 6.43. The van der Waals surface area contributed by atoms with Gasteiger partial charge in [-0.15, -0.1) is 0 Å². The van der Waals surface area contributed by atoms with Crippen molar-refractivity contribution in [2.24, 2.45) is 11.7 Å². The van der Waals surface area contributed by atoms with E-state index in [1.807, 2.05) is 0 Å². The molecule has 0 amide bonds. The molecule has 1 saturated carbocycles.